The number of anilines is 1. The molecule has 1 aliphatic rings. The number of aromatic nitrogens is 1. The first-order valence-electron chi connectivity index (χ1n) is 7.80. The largest absolute Gasteiger partial charge is 0.355 e. The Bertz CT molecular complexity index is 416. The van der Waals surface area contributed by atoms with E-state index in [1.54, 1.807) is 0 Å². The van der Waals surface area contributed by atoms with E-state index >= 15 is 0 Å². The topological polar surface area (TPSA) is 28.2 Å². The van der Waals surface area contributed by atoms with Gasteiger partial charge in [-0.2, -0.15) is 0 Å². The molecule has 0 bridgehead atoms. The third kappa shape index (κ3) is 4.10. The molecule has 20 heavy (non-hydrogen) atoms. The van der Waals surface area contributed by atoms with Gasteiger partial charge in [0.1, 0.15) is 5.82 Å². The summed E-state index contributed by atoms with van der Waals surface area (Å²) in [5.41, 5.74) is 1.16. The van der Waals surface area contributed by atoms with Crippen molar-refractivity contribution in [1.82, 2.24) is 10.3 Å². The van der Waals surface area contributed by atoms with E-state index in [9.17, 15) is 0 Å². The van der Waals surface area contributed by atoms with Gasteiger partial charge in [-0.3, -0.25) is 0 Å². The zero-order valence-corrected chi connectivity index (χ0v) is 13.4. The molecular weight excluding hydrogens is 270 g/mol. The van der Waals surface area contributed by atoms with Gasteiger partial charge in [0.05, 0.1) is 5.02 Å². The minimum absolute atomic E-state index is 0.595. The molecule has 3 nitrogen and oxygen atoms in total. The Balaban J connectivity index is 2.00. The van der Waals surface area contributed by atoms with Crippen molar-refractivity contribution in [3.05, 3.63) is 22.8 Å². The molecule has 1 saturated carbocycles. The van der Waals surface area contributed by atoms with Gasteiger partial charge in [0, 0.05) is 25.8 Å². The van der Waals surface area contributed by atoms with E-state index in [-0.39, 0.29) is 0 Å². The number of rotatable bonds is 6. The lowest BCUT2D eigenvalue weighted by atomic mass is 9.94. The average Bonchev–Trinajstić information content (AvgIpc) is 2.48. The van der Waals surface area contributed by atoms with Crippen LogP contribution >= 0.6 is 11.6 Å². The molecule has 0 saturated heterocycles. The number of pyridine rings is 1. The summed E-state index contributed by atoms with van der Waals surface area (Å²) < 4.78 is 0. The highest BCUT2D eigenvalue weighted by atomic mass is 35.5. The van der Waals surface area contributed by atoms with E-state index in [0.717, 1.165) is 35.9 Å². The number of nitrogens with zero attached hydrogens (tertiary/aromatic N) is 2. The van der Waals surface area contributed by atoms with Crippen molar-refractivity contribution in [3.63, 3.8) is 0 Å². The van der Waals surface area contributed by atoms with Crippen molar-refractivity contribution >= 4 is 17.4 Å². The molecule has 1 N–H and O–H groups in total. The van der Waals surface area contributed by atoms with E-state index < -0.39 is 0 Å². The molecule has 0 unspecified atom stereocenters. The van der Waals surface area contributed by atoms with Gasteiger partial charge in [-0.05, 0) is 37.4 Å². The van der Waals surface area contributed by atoms with Crippen LogP contribution in [0.1, 0.15) is 51.0 Å². The van der Waals surface area contributed by atoms with Gasteiger partial charge in [-0.15, -0.1) is 0 Å². The summed E-state index contributed by atoms with van der Waals surface area (Å²) in [6, 6.07) is 2.64. The lowest BCUT2D eigenvalue weighted by Crippen LogP contribution is -2.34. The van der Waals surface area contributed by atoms with Crippen molar-refractivity contribution in [3.8, 4) is 0 Å². The predicted molar refractivity (Wildman–Crippen MR) is 86.5 cm³/mol. The van der Waals surface area contributed by atoms with Gasteiger partial charge in [0.25, 0.3) is 0 Å². The molecule has 0 atom stereocenters. The highest BCUT2D eigenvalue weighted by Crippen LogP contribution is 2.29. The summed E-state index contributed by atoms with van der Waals surface area (Å²) >= 11 is 6.42. The molecule has 1 fully saturated rings. The van der Waals surface area contributed by atoms with Crippen molar-refractivity contribution < 1.29 is 0 Å². The molecule has 0 radical (unpaired) electrons. The first kappa shape index (κ1) is 15.6. The number of hydrogen-bond donors (Lipinski definition) is 1. The Labute approximate surface area is 127 Å². The number of halogens is 1. The molecule has 112 valence electrons. The minimum atomic E-state index is 0.595. The van der Waals surface area contributed by atoms with Crippen molar-refractivity contribution in [1.29, 1.82) is 0 Å². The number of hydrogen-bond acceptors (Lipinski definition) is 3. The van der Waals surface area contributed by atoms with E-state index in [2.05, 4.69) is 29.2 Å². The second kappa shape index (κ2) is 7.84. The third-order valence-electron chi connectivity index (χ3n) is 4.09. The van der Waals surface area contributed by atoms with Crippen LogP contribution < -0.4 is 10.2 Å². The fourth-order valence-electron chi connectivity index (χ4n) is 2.88. The molecule has 1 aromatic rings. The molecule has 0 spiro atoms. The smallest absolute Gasteiger partial charge is 0.147 e. The highest BCUT2D eigenvalue weighted by Gasteiger charge is 2.20. The lowest BCUT2D eigenvalue weighted by Gasteiger charge is -2.32. The van der Waals surface area contributed by atoms with Gasteiger partial charge in [-0.25, -0.2) is 4.98 Å². The van der Waals surface area contributed by atoms with Gasteiger partial charge < -0.3 is 10.2 Å². The van der Waals surface area contributed by atoms with Crippen LogP contribution in [0.2, 0.25) is 5.02 Å². The van der Waals surface area contributed by atoms with Crippen LogP contribution in [0.4, 0.5) is 5.82 Å². The van der Waals surface area contributed by atoms with E-state index in [4.69, 9.17) is 11.6 Å². The Morgan fingerprint density at radius 1 is 1.35 bits per heavy atom. The zero-order valence-electron chi connectivity index (χ0n) is 12.7. The summed E-state index contributed by atoms with van der Waals surface area (Å²) in [7, 11) is 2.12. The van der Waals surface area contributed by atoms with Crippen LogP contribution in [0.15, 0.2) is 12.3 Å². The zero-order chi connectivity index (χ0) is 14.4. The van der Waals surface area contributed by atoms with Crippen molar-refractivity contribution in [2.75, 3.05) is 18.5 Å². The summed E-state index contributed by atoms with van der Waals surface area (Å²) in [5.74, 6) is 0.929. The summed E-state index contributed by atoms with van der Waals surface area (Å²) in [5, 5.41) is 4.15. The summed E-state index contributed by atoms with van der Waals surface area (Å²) in [4.78, 5) is 6.85. The van der Waals surface area contributed by atoms with Crippen molar-refractivity contribution in [2.45, 2.75) is 58.0 Å². The molecule has 4 heteroatoms. The SMILES string of the molecule is CCCNCc1cnc(N(C)C2CCCCC2)c(Cl)c1. The first-order chi connectivity index (χ1) is 9.72. The van der Waals surface area contributed by atoms with Crippen molar-refractivity contribution in [2.24, 2.45) is 0 Å². The lowest BCUT2D eigenvalue weighted by molar-refractivity contribution is 0.426. The Morgan fingerprint density at radius 2 is 2.10 bits per heavy atom. The normalized spacial score (nSPS) is 16.4. The van der Waals surface area contributed by atoms with E-state index in [1.807, 2.05) is 12.3 Å². The minimum Gasteiger partial charge on any atom is -0.355 e. The Kier molecular flexibility index (Phi) is 6.11. The maximum atomic E-state index is 6.42. The molecule has 1 aliphatic carbocycles. The van der Waals surface area contributed by atoms with Gasteiger partial charge in [0.15, 0.2) is 0 Å². The molecule has 1 heterocycles. The fraction of sp³-hybridized carbons (Fsp3) is 0.688. The molecular formula is C16H26ClN3. The summed E-state index contributed by atoms with van der Waals surface area (Å²) in [6.07, 6.45) is 9.63. The first-order valence-corrected chi connectivity index (χ1v) is 8.18. The van der Waals surface area contributed by atoms with Crippen LogP contribution in [-0.2, 0) is 6.54 Å². The Hall–Kier alpha value is -0.800. The second-order valence-electron chi connectivity index (χ2n) is 5.73. The monoisotopic (exact) mass is 295 g/mol. The van der Waals surface area contributed by atoms with E-state index in [1.165, 1.54) is 32.1 Å². The predicted octanol–water partition coefficient (Wildman–Crippen LogP) is 4.00. The van der Waals surface area contributed by atoms with Crippen LogP contribution in [0.3, 0.4) is 0 Å². The van der Waals surface area contributed by atoms with Crippen LogP contribution in [0, 0.1) is 0 Å². The van der Waals surface area contributed by atoms with Crippen LogP contribution in [0.25, 0.3) is 0 Å². The average molecular weight is 296 g/mol. The maximum Gasteiger partial charge on any atom is 0.147 e. The molecule has 2 rings (SSSR count). The maximum absolute atomic E-state index is 6.42. The fourth-order valence-corrected chi connectivity index (χ4v) is 3.20. The molecule has 0 aliphatic heterocycles. The third-order valence-corrected chi connectivity index (χ3v) is 4.37. The Morgan fingerprint density at radius 3 is 2.75 bits per heavy atom. The van der Waals surface area contributed by atoms with Gasteiger partial charge in [-0.1, -0.05) is 37.8 Å². The van der Waals surface area contributed by atoms with Crippen LogP contribution in [-0.4, -0.2) is 24.6 Å². The van der Waals surface area contributed by atoms with Crippen LogP contribution in [0.5, 0.6) is 0 Å². The van der Waals surface area contributed by atoms with E-state index in [0.29, 0.717) is 6.04 Å². The highest BCUT2D eigenvalue weighted by molar-refractivity contribution is 6.33. The second-order valence-corrected chi connectivity index (χ2v) is 6.14. The quantitative estimate of drug-likeness (QED) is 0.804. The number of nitrogens with one attached hydrogen (secondary N) is 1. The molecule has 0 amide bonds. The molecule has 1 aromatic heterocycles. The van der Waals surface area contributed by atoms with Gasteiger partial charge >= 0.3 is 0 Å². The summed E-state index contributed by atoms with van der Waals surface area (Å²) in [6.45, 7) is 4.04. The van der Waals surface area contributed by atoms with Gasteiger partial charge in [0.2, 0.25) is 0 Å². The molecule has 0 aromatic carbocycles. The standard InChI is InChI=1S/C16H26ClN3/c1-3-9-18-11-13-10-15(17)16(19-12-13)20(2)14-7-5-4-6-8-14/h10,12,14,18H,3-9,11H2,1-2H3.